The number of aromatic amines is 1. The van der Waals surface area contributed by atoms with Crippen LogP contribution in [0.15, 0.2) is 53.6 Å². The number of nitrogens with zero attached hydrogens (tertiary/aromatic N) is 3. The average Bonchev–Trinajstić information content (AvgIpc) is 2.83. The molecule has 0 fully saturated rings. The van der Waals surface area contributed by atoms with Gasteiger partial charge in [0, 0.05) is 18.0 Å². The van der Waals surface area contributed by atoms with Crippen LogP contribution in [0.3, 0.4) is 0 Å². The zero-order valence-corrected chi connectivity index (χ0v) is 9.75. The molecule has 0 aliphatic carbocycles. The van der Waals surface area contributed by atoms with E-state index in [1.165, 1.54) is 28.9 Å². The van der Waals surface area contributed by atoms with Gasteiger partial charge in [-0.3, -0.25) is 9.97 Å². The van der Waals surface area contributed by atoms with Crippen molar-refractivity contribution in [2.75, 3.05) is 0 Å². The lowest BCUT2D eigenvalue weighted by Gasteiger charge is -1.98. The summed E-state index contributed by atoms with van der Waals surface area (Å²) in [6.45, 7) is 0. The number of H-pyrrole nitrogens is 1. The van der Waals surface area contributed by atoms with Crippen molar-refractivity contribution in [2.24, 2.45) is 0 Å². The standard InChI is InChI=1S/C13H9FN4O/c14-10-1-3-11(4-2-10)18-13(19)16-12(17-18)9-5-7-15-8-6-9/h1-8H,(H,16,17,19). The monoisotopic (exact) mass is 256 g/mol. The topological polar surface area (TPSA) is 63.6 Å². The third-order valence-electron chi connectivity index (χ3n) is 2.64. The summed E-state index contributed by atoms with van der Waals surface area (Å²) in [5.74, 6) is 0.0819. The van der Waals surface area contributed by atoms with E-state index < -0.39 is 0 Å². The van der Waals surface area contributed by atoms with Gasteiger partial charge in [-0.1, -0.05) is 0 Å². The summed E-state index contributed by atoms with van der Waals surface area (Å²) in [6.07, 6.45) is 3.23. The molecule has 0 spiro atoms. The smallest absolute Gasteiger partial charge is 0.288 e. The van der Waals surface area contributed by atoms with E-state index in [0.29, 0.717) is 11.5 Å². The predicted molar refractivity (Wildman–Crippen MR) is 67.4 cm³/mol. The molecule has 5 nitrogen and oxygen atoms in total. The number of rotatable bonds is 2. The SMILES string of the molecule is O=c1[nH]c(-c2ccncc2)nn1-c1ccc(F)cc1. The van der Waals surface area contributed by atoms with Gasteiger partial charge in [-0.25, -0.2) is 9.18 Å². The highest BCUT2D eigenvalue weighted by molar-refractivity contribution is 5.53. The van der Waals surface area contributed by atoms with Crippen molar-refractivity contribution in [1.82, 2.24) is 19.7 Å². The zero-order chi connectivity index (χ0) is 13.2. The predicted octanol–water partition coefficient (Wildman–Crippen LogP) is 1.76. The summed E-state index contributed by atoms with van der Waals surface area (Å²) in [6, 6.07) is 9.04. The molecule has 0 bridgehead atoms. The quantitative estimate of drug-likeness (QED) is 0.759. The van der Waals surface area contributed by atoms with E-state index in [4.69, 9.17) is 0 Å². The Morgan fingerprint density at radius 3 is 2.42 bits per heavy atom. The molecule has 2 heterocycles. The summed E-state index contributed by atoms with van der Waals surface area (Å²) in [7, 11) is 0. The summed E-state index contributed by atoms with van der Waals surface area (Å²) in [4.78, 5) is 18.4. The molecule has 1 N–H and O–H groups in total. The van der Waals surface area contributed by atoms with Gasteiger partial charge in [-0.05, 0) is 36.4 Å². The Morgan fingerprint density at radius 2 is 1.74 bits per heavy atom. The number of hydrogen-bond acceptors (Lipinski definition) is 3. The van der Waals surface area contributed by atoms with Crippen molar-refractivity contribution in [1.29, 1.82) is 0 Å². The zero-order valence-electron chi connectivity index (χ0n) is 9.75. The van der Waals surface area contributed by atoms with Crippen molar-refractivity contribution >= 4 is 0 Å². The first-order valence-electron chi connectivity index (χ1n) is 5.60. The molecule has 0 aliphatic heterocycles. The van der Waals surface area contributed by atoms with Crippen molar-refractivity contribution in [2.45, 2.75) is 0 Å². The van der Waals surface area contributed by atoms with E-state index >= 15 is 0 Å². The molecule has 19 heavy (non-hydrogen) atoms. The van der Waals surface area contributed by atoms with Gasteiger partial charge < -0.3 is 0 Å². The van der Waals surface area contributed by atoms with Crippen molar-refractivity contribution < 1.29 is 4.39 Å². The lowest BCUT2D eigenvalue weighted by Crippen LogP contribution is -2.15. The van der Waals surface area contributed by atoms with Gasteiger partial charge in [-0.2, -0.15) is 4.68 Å². The van der Waals surface area contributed by atoms with Crippen LogP contribution < -0.4 is 5.69 Å². The maximum Gasteiger partial charge on any atom is 0.348 e. The minimum Gasteiger partial charge on any atom is -0.288 e. The molecule has 0 saturated heterocycles. The first kappa shape index (κ1) is 11.3. The third-order valence-corrected chi connectivity index (χ3v) is 2.64. The Balaban J connectivity index is 2.08. The number of aromatic nitrogens is 4. The lowest BCUT2D eigenvalue weighted by molar-refractivity contribution is 0.627. The summed E-state index contributed by atoms with van der Waals surface area (Å²) in [5, 5.41) is 4.18. The highest BCUT2D eigenvalue weighted by Crippen LogP contribution is 2.12. The maximum absolute atomic E-state index is 12.9. The number of nitrogens with one attached hydrogen (secondary N) is 1. The van der Waals surface area contributed by atoms with Crippen LogP contribution in [0.4, 0.5) is 4.39 Å². The fraction of sp³-hybridized carbons (Fsp3) is 0. The number of pyridine rings is 1. The van der Waals surface area contributed by atoms with Crippen LogP contribution in [0.2, 0.25) is 0 Å². The fourth-order valence-electron chi connectivity index (χ4n) is 1.72. The molecule has 0 amide bonds. The first-order valence-corrected chi connectivity index (χ1v) is 5.60. The van der Waals surface area contributed by atoms with Crippen LogP contribution in [0.5, 0.6) is 0 Å². The molecule has 6 heteroatoms. The highest BCUT2D eigenvalue weighted by atomic mass is 19.1. The normalized spacial score (nSPS) is 10.6. The molecule has 94 valence electrons. The number of hydrogen-bond donors (Lipinski definition) is 1. The molecule has 0 atom stereocenters. The number of benzene rings is 1. The molecular weight excluding hydrogens is 247 g/mol. The van der Waals surface area contributed by atoms with E-state index in [2.05, 4.69) is 15.1 Å². The maximum atomic E-state index is 12.9. The second kappa shape index (κ2) is 4.49. The molecule has 1 aromatic carbocycles. The highest BCUT2D eigenvalue weighted by Gasteiger charge is 2.08. The average molecular weight is 256 g/mol. The molecule has 3 rings (SSSR count). The van der Waals surface area contributed by atoms with Gasteiger partial charge in [0.15, 0.2) is 5.82 Å². The molecule has 0 unspecified atom stereocenters. The van der Waals surface area contributed by atoms with E-state index in [0.717, 1.165) is 5.56 Å². The fourth-order valence-corrected chi connectivity index (χ4v) is 1.72. The second-order valence-corrected chi connectivity index (χ2v) is 3.90. The Bertz CT molecular complexity index is 746. The summed E-state index contributed by atoms with van der Waals surface area (Å²) >= 11 is 0. The first-order chi connectivity index (χ1) is 9.24. The van der Waals surface area contributed by atoms with E-state index in [1.807, 2.05) is 0 Å². The minimum atomic E-state index is -0.376. The molecule has 0 saturated carbocycles. The molecular formula is C13H9FN4O. The summed E-state index contributed by atoms with van der Waals surface area (Å²) in [5.41, 5.74) is 0.884. The van der Waals surface area contributed by atoms with Gasteiger partial charge in [0.1, 0.15) is 5.82 Å². The Hall–Kier alpha value is -2.76. The van der Waals surface area contributed by atoms with Gasteiger partial charge in [0.25, 0.3) is 0 Å². The lowest BCUT2D eigenvalue weighted by atomic mass is 10.3. The van der Waals surface area contributed by atoms with Gasteiger partial charge in [0.05, 0.1) is 5.69 Å². The molecule has 2 aromatic heterocycles. The van der Waals surface area contributed by atoms with Gasteiger partial charge in [0.2, 0.25) is 0 Å². The third kappa shape index (κ3) is 2.15. The van der Waals surface area contributed by atoms with Crippen LogP contribution in [0.25, 0.3) is 17.1 Å². The van der Waals surface area contributed by atoms with Crippen LogP contribution in [0.1, 0.15) is 0 Å². The van der Waals surface area contributed by atoms with E-state index in [1.54, 1.807) is 24.5 Å². The van der Waals surface area contributed by atoms with Crippen molar-refractivity contribution in [3.8, 4) is 17.1 Å². The van der Waals surface area contributed by atoms with Crippen LogP contribution >= 0.6 is 0 Å². The number of halogens is 1. The molecule has 0 radical (unpaired) electrons. The largest absolute Gasteiger partial charge is 0.348 e. The van der Waals surface area contributed by atoms with Crippen LogP contribution in [0, 0.1) is 5.82 Å². The van der Waals surface area contributed by atoms with Gasteiger partial charge >= 0.3 is 5.69 Å². The Kier molecular flexibility index (Phi) is 2.68. The van der Waals surface area contributed by atoms with Crippen molar-refractivity contribution in [3.05, 3.63) is 65.1 Å². The van der Waals surface area contributed by atoms with Crippen molar-refractivity contribution in [3.63, 3.8) is 0 Å². The molecule has 3 aromatic rings. The second-order valence-electron chi connectivity index (χ2n) is 3.90. The van der Waals surface area contributed by atoms with E-state index in [-0.39, 0.29) is 11.5 Å². The Labute approximate surface area is 107 Å². The van der Waals surface area contributed by atoms with Crippen LogP contribution in [-0.2, 0) is 0 Å². The Morgan fingerprint density at radius 1 is 1.05 bits per heavy atom. The van der Waals surface area contributed by atoms with Gasteiger partial charge in [-0.15, -0.1) is 5.10 Å². The minimum absolute atomic E-state index is 0.360. The summed E-state index contributed by atoms with van der Waals surface area (Å²) < 4.78 is 14.0. The van der Waals surface area contributed by atoms with Crippen LogP contribution in [-0.4, -0.2) is 19.7 Å². The van der Waals surface area contributed by atoms with E-state index in [9.17, 15) is 9.18 Å². The molecule has 0 aliphatic rings.